The number of Topliss-reactive ketones (excluding diaryl/α,β-unsaturated/α-hetero) is 1. The van der Waals surface area contributed by atoms with Crippen molar-refractivity contribution in [3.8, 4) is 11.1 Å². The van der Waals surface area contributed by atoms with Crippen molar-refractivity contribution in [3.05, 3.63) is 77.9 Å². The minimum atomic E-state index is -0.659. The fourth-order valence-corrected chi connectivity index (χ4v) is 4.51. The van der Waals surface area contributed by atoms with Crippen molar-refractivity contribution >= 4 is 16.6 Å². The molecular weight excluding hydrogens is 417 g/mol. The number of ketones is 1. The Bertz CT molecular complexity index is 1310. The van der Waals surface area contributed by atoms with Gasteiger partial charge in [-0.05, 0) is 55.1 Å². The Morgan fingerprint density at radius 1 is 1.00 bits per heavy atom. The Morgan fingerprint density at radius 3 is 2.67 bits per heavy atom. The van der Waals surface area contributed by atoms with Crippen LogP contribution in [0.4, 0.5) is 4.39 Å². The molecule has 1 aliphatic heterocycles. The molecule has 0 unspecified atom stereocenters. The lowest BCUT2D eigenvalue weighted by Crippen LogP contribution is -2.30. The molecule has 1 fully saturated rings. The highest BCUT2D eigenvalue weighted by atomic mass is 19.1. The Hall–Kier alpha value is -3.45. The maximum atomic E-state index is 13.4. The minimum absolute atomic E-state index is 0.108. The third-order valence-electron chi connectivity index (χ3n) is 6.36. The summed E-state index contributed by atoms with van der Waals surface area (Å²) in [6.45, 7) is 3.15. The van der Waals surface area contributed by atoms with E-state index in [0.717, 1.165) is 47.6 Å². The summed E-state index contributed by atoms with van der Waals surface area (Å²) in [5.41, 5.74) is 4.40. The minimum Gasteiger partial charge on any atom is -0.298 e. The van der Waals surface area contributed by atoms with Crippen molar-refractivity contribution in [2.45, 2.75) is 32.2 Å². The average Bonchev–Trinajstić information content (AvgIpc) is 3.19. The fraction of sp³-hybridized carbons (Fsp3) is 0.308. The zero-order valence-electron chi connectivity index (χ0n) is 18.7. The first kappa shape index (κ1) is 21.4. The molecule has 1 aliphatic rings. The van der Waals surface area contributed by atoms with Crippen molar-refractivity contribution in [1.82, 2.24) is 24.6 Å². The summed E-state index contributed by atoms with van der Waals surface area (Å²) in [4.78, 5) is 23.0. The molecule has 0 bridgehead atoms. The van der Waals surface area contributed by atoms with Crippen molar-refractivity contribution in [2.75, 3.05) is 13.1 Å². The Kier molecular flexibility index (Phi) is 5.96. The number of pyridine rings is 2. The predicted octanol–water partition coefficient (Wildman–Crippen LogP) is 4.58. The molecule has 4 aromatic rings. The van der Waals surface area contributed by atoms with Gasteiger partial charge in [-0.1, -0.05) is 18.6 Å². The highest BCUT2D eigenvalue weighted by Crippen LogP contribution is 2.29. The van der Waals surface area contributed by atoms with E-state index in [9.17, 15) is 9.18 Å². The number of carbonyl (C=O) groups excluding carboxylic acids is 1. The standard InChI is InChI=1S/C26H26FN5O/c1-31-24(17-32-9-3-2-4-10-32)23(16-30-31)18-5-6-20-15-29-22(12-21(20)11-18)14-25(33)19-7-8-28-26(27)13-19/h5-8,11-13,15-16H,2-4,9-10,14,17H2,1H3. The summed E-state index contributed by atoms with van der Waals surface area (Å²) in [5, 5.41) is 6.55. The van der Waals surface area contributed by atoms with Gasteiger partial charge in [0.25, 0.3) is 0 Å². The van der Waals surface area contributed by atoms with Crippen LogP contribution in [0.5, 0.6) is 0 Å². The smallest absolute Gasteiger partial charge is 0.213 e. The quantitative estimate of drug-likeness (QED) is 0.322. The van der Waals surface area contributed by atoms with Crippen LogP contribution in [-0.4, -0.2) is 43.5 Å². The molecule has 1 aromatic carbocycles. The van der Waals surface area contributed by atoms with Crippen molar-refractivity contribution in [3.63, 3.8) is 0 Å². The second-order valence-corrected chi connectivity index (χ2v) is 8.67. The average molecular weight is 444 g/mol. The summed E-state index contributed by atoms with van der Waals surface area (Å²) >= 11 is 0. The van der Waals surface area contributed by atoms with Gasteiger partial charge in [0.15, 0.2) is 5.78 Å². The number of aromatic nitrogens is 4. The lowest BCUT2D eigenvalue weighted by atomic mass is 10.0. The van der Waals surface area contributed by atoms with E-state index in [-0.39, 0.29) is 12.2 Å². The number of rotatable bonds is 6. The summed E-state index contributed by atoms with van der Waals surface area (Å²) in [6, 6.07) is 10.9. The molecule has 0 spiro atoms. The molecule has 0 aliphatic carbocycles. The summed E-state index contributed by atoms with van der Waals surface area (Å²) < 4.78 is 15.3. The number of hydrogen-bond acceptors (Lipinski definition) is 5. The van der Waals surface area contributed by atoms with Crippen LogP contribution in [0.1, 0.15) is 41.0 Å². The van der Waals surface area contributed by atoms with Gasteiger partial charge in [0, 0.05) is 54.3 Å². The first-order valence-corrected chi connectivity index (χ1v) is 11.3. The van der Waals surface area contributed by atoms with Crippen molar-refractivity contribution in [2.24, 2.45) is 7.05 Å². The summed E-state index contributed by atoms with van der Waals surface area (Å²) in [7, 11) is 2.00. The molecule has 33 heavy (non-hydrogen) atoms. The largest absolute Gasteiger partial charge is 0.298 e. The lowest BCUT2D eigenvalue weighted by Gasteiger charge is -2.26. The number of likely N-dealkylation sites (tertiary alicyclic amines) is 1. The second-order valence-electron chi connectivity index (χ2n) is 8.67. The van der Waals surface area contributed by atoms with Gasteiger partial charge in [-0.2, -0.15) is 9.49 Å². The van der Waals surface area contributed by atoms with Crippen LogP contribution in [0.25, 0.3) is 21.9 Å². The molecule has 6 nitrogen and oxygen atoms in total. The number of hydrogen-bond donors (Lipinski definition) is 0. The van der Waals surface area contributed by atoms with Crippen molar-refractivity contribution < 1.29 is 9.18 Å². The Labute approximate surface area is 192 Å². The van der Waals surface area contributed by atoms with Gasteiger partial charge in [-0.15, -0.1) is 0 Å². The second kappa shape index (κ2) is 9.19. The molecule has 7 heteroatoms. The number of nitrogens with zero attached hydrogens (tertiary/aromatic N) is 5. The monoisotopic (exact) mass is 443 g/mol. The van der Waals surface area contributed by atoms with Crippen LogP contribution in [0.15, 0.2) is 55.0 Å². The van der Waals surface area contributed by atoms with Gasteiger partial charge in [-0.3, -0.25) is 19.4 Å². The van der Waals surface area contributed by atoms with Crippen LogP contribution < -0.4 is 0 Å². The van der Waals surface area contributed by atoms with E-state index in [1.165, 1.54) is 37.2 Å². The van der Waals surface area contributed by atoms with E-state index < -0.39 is 5.95 Å². The first-order valence-electron chi connectivity index (χ1n) is 11.3. The maximum Gasteiger partial charge on any atom is 0.213 e. The van der Waals surface area contributed by atoms with Crippen LogP contribution in [-0.2, 0) is 20.0 Å². The maximum absolute atomic E-state index is 13.4. The predicted molar refractivity (Wildman–Crippen MR) is 125 cm³/mol. The van der Waals surface area contributed by atoms with E-state index in [0.29, 0.717) is 11.3 Å². The molecule has 0 radical (unpaired) electrons. The van der Waals surface area contributed by atoms with E-state index in [1.807, 2.05) is 24.0 Å². The number of carbonyl (C=O) groups is 1. The zero-order chi connectivity index (χ0) is 22.8. The normalized spacial score (nSPS) is 14.6. The van der Waals surface area contributed by atoms with E-state index >= 15 is 0 Å². The summed E-state index contributed by atoms with van der Waals surface area (Å²) in [6.07, 6.45) is 8.95. The van der Waals surface area contributed by atoms with Crippen molar-refractivity contribution in [1.29, 1.82) is 0 Å². The van der Waals surface area contributed by atoms with Gasteiger partial charge in [0.05, 0.1) is 18.3 Å². The van der Waals surface area contributed by atoms with Gasteiger partial charge < -0.3 is 0 Å². The molecule has 0 N–H and O–H groups in total. The van der Waals surface area contributed by atoms with Gasteiger partial charge in [0.2, 0.25) is 5.95 Å². The first-order chi connectivity index (χ1) is 16.1. The van der Waals surface area contributed by atoms with E-state index in [2.05, 4.69) is 38.2 Å². The molecule has 4 heterocycles. The number of fused-ring (bicyclic) bond motifs is 1. The third kappa shape index (κ3) is 4.68. The number of aryl methyl sites for hydroxylation is 1. The molecule has 0 amide bonds. The van der Waals surface area contributed by atoms with Crippen LogP contribution >= 0.6 is 0 Å². The topological polar surface area (TPSA) is 63.9 Å². The highest BCUT2D eigenvalue weighted by molar-refractivity contribution is 5.97. The molecule has 1 saturated heterocycles. The van der Waals surface area contributed by atoms with Gasteiger partial charge in [0.1, 0.15) is 0 Å². The zero-order valence-corrected chi connectivity index (χ0v) is 18.7. The van der Waals surface area contributed by atoms with E-state index in [4.69, 9.17) is 0 Å². The Morgan fingerprint density at radius 2 is 1.85 bits per heavy atom. The molecule has 0 atom stereocenters. The lowest BCUT2D eigenvalue weighted by molar-refractivity contribution is 0.0991. The molecule has 0 saturated carbocycles. The molecular formula is C26H26FN5O. The van der Waals surface area contributed by atoms with Crippen LogP contribution in [0.2, 0.25) is 0 Å². The van der Waals surface area contributed by atoms with Crippen LogP contribution in [0, 0.1) is 5.95 Å². The fourth-order valence-electron chi connectivity index (χ4n) is 4.51. The Balaban J connectivity index is 1.42. The van der Waals surface area contributed by atoms with Crippen LogP contribution in [0.3, 0.4) is 0 Å². The highest BCUT2D eigenvalue weighted by Gasteiger charge is 2.17. The SMILES string of the molecule is Cn1ncc(-c2ccc3cnc(CC(=O)c4ccnc(F)c4)cc3c2)c1CN1CCCCC1. The number of benzene rings is 1. The number of piperidine rings is 1. The molecule has 5 rings (SSSR count). The number of halogens is 1. The van der Waals surface area contributed by atoms with Gasteiger partial charge >= 0.3 is 0 Å². The third-order valence-corrected chi connectivity index (χ3v) is 6.36. The van der Waals surface area contributed by atoms with Gasteiger partial charge in [-0.25, -0.2) is 4.98 Å². The molecule has 3 aromatic heterocycles. The molecule has 168 valence electrons. The summed E-state index contributed by atoms with van der Waals surface area (Å²) in [5.74, 6) is -0.843. The van der Waals surface area contributed by atoms with E-state index in [1.54, 1.807) is 6.20 Å².